The number of carbonyl (C=O) groups excluding carboxylic acids is 1. The Morgan fingerprint density at radius 2 is 1.66 bits per heavy atom. The normalized spacial score (nSPS) is 11.5. The topological polar surface area (TPSA) is 82.1 Å². The molecule has 1 atom stereocenters. The molecule has 3 N–H and O–H groups in total. The first kappa shape index (κ1) is 20.4. The lowest BCUT2D eigenvalue weighted by Gasteiger charge is -2.13. The maximum atomic E-state index is 13.0. The predicted octanol–water partition coefficient (Wildman–Crippen LogP) is 4.18. The zero-order chi connectivity index (χ0) is 20.8. The molecule has 0 spiro atoms. The third-order valence-electron chi connectivity index (χ3n) is 4.26. The van der Waals surface area contributed by atoms with Gasteiger partial charge in [0.2, 0.25) is 0 Å². The first-order chi connectivity index (χ1) is 13.9. The summed E-state index contributed by atoms with van der Waals surface area (Å²) in [5, 5.41) is 14.1. The Morgan fingerprint density at radius 1 is 1.00 bits per heavy atom. The van der Waals surface area contributed by atoms with E-state index in [1.165, 1.54) is 24.3 Å². The fourth-order valence-electron chi connectivity index (χ4n) is 2.70. The quantitative estimate of drug-likeness (QED) is 0.512. The predicted molar refractivity (Wildman–Crippen MR) is 114 cm³/mol. The van der Waals surface area contributed by atoms with Crippen LogP contribution < -0.4 is 10.6 Å². The van der Waals surface area contributed by atoms with Gasteiger partial charge < -0.3 is 10.6 Å². The molecular weight excluding hydrogens is 389 g/mol. The number of amides is 1. The van der Waals surface area contributed by atoms with Gasteiger partial charge in [-0.15, -0.1) is 0 Å². The van der Waals surface area contributed by atoms with Crippen molar-refractivity contribution in [1.82, 2.24) is 0 Å². The molecule has 3 aromatic carbocycles. The smallest absolute Gasteiger partial charge is 0.274 e. The molecule has 29 heavy (non-hydrogen) atoms. The number of anilines is 2. The summed E-state index contributed by atoms with van der Waals surface area (Å²) in [4.78, 5) is 13.2. The van der Waals surface area contributed by atoms with Crippen LogP contribution in [0.4, 0.5) is 15.8 Å². The number of hydrogen-bond donors (Lipinski definition) is 3. The lowest BCUT2D eigenvalue weighted by molar-refractivity contribution is -0.110. The molecule has 148 valence electrons. The van der Waals surface area contributed by atoms with E-state index in [-0.39, 0.29) is 5.71 Å². The molecule has 0 aromatic heterocycles. The van der Waals surface area contributed by atoms with E-state index in [1.54, 1.807) is 24.5 Å². The molecule has 7 heteroatoms. The van der Waals surface area contributed by atoms with Crippen LogP contribution in [-0.2, 0) is 22.1 Å². The zero-order valence-electron chi connectivity index (χ0n) is 15.7. The molecule has 0 aliphatic heterocycles. The van der Waals surface area contributed by atoms with Crippen LogP contribution in [0.3, 0.4) is 0 Å². The number of para-hydroxylation sites is 1. The molecule has 3 rings (SSSR count). The van der Waals surface area contributed by atoms with Gasteiger partial charge in [-0.2, -0.15) is 0 Å². The van der Waals surface area contributed by atoms with Crippen molar-refractivity contribution < 1.29 is 13.4 Å². The van der Waals surface area contributed by atoms with Gasteiger partial charge in [0.15, 0.2) is 0 Å². The van der Waals surface area contributed by atoms with Gasteiger partial charge in [-0.1, -0.05) is 30.3 Å². The molecule has 3 aromatic rings. The van der Waals surface area contributed by atoms with Crippen molar-refractivity contribution in [3.63, 3.8) is 0 Å². The number of hydrogen-bond acceptors (Lipinski definition) is 4. The third-order valence-corrected chi connectivity index (χ3v) is 5.20. The van der Waals surface area contributed by atoms with E-state index < -0.39 is 22.5 Å². The highest BCUT2D eigenvalue weighted by molar-refractivity contribution is 7.84. The molecule has 0 heterocycles. The summed E-state index contributed by atoms with van der Waals surface area (Å²) in [6, 6.07) is 19.8. The van der Waals surface area contributed by atoms with Gasteiger partial charge in [0.1, 0.15) is 11.5 Å². The number of halogens is 1. The molecule has 1 amide bonds. The Labute approximate surface area is 170 Å². The van der Waals surface area contributed by atoms with Gasteiger partial charge in [0, 0.05) is 45.4 Å². The number of carbonyl (C=O) groups is 1. The number of nitrogens with one attached hydrogen (secondary N) is 3. The highest BCUT2D eigenvalue weighted by Gasteiger charge is 2.15. The van der Waals surface area contributed by atoms with Gasteiger partial charge in [-0.3, -0.25) is 14.4 Å². The highest BCUT2D eigenvalue weighted by atomic mass is 32.2. The molecule has 0 fully saturated rings. The summed E-state index contributed by atoms with van der Waals surface area (Å²) < 4.78 is 24.5. The van der Waals surface area contributed by atoms with Crippen LogP contribution >= 0.6 is 0 Å². The molecule has 1 unspecified atom stereocenters. The largest absolute Gasteiger partial charge is 0.380 e. The van der Waals surface area contributed by atoms with E-state index in [1.807, 2.05) is 30.3 Å². The molecule has 5 nitrogen and oxygen atoms in total. The highest BCUT2D eigenvalue weighted by Crippen LogP contribution is 2.18. The minimum absolute atomic E-state index is 0.200. The second kappa shape index (κ2) is 9.25. The molecule has 0 saturated heterocycles. The van der Waals surface area contributed by atoms with Crippen LogP contribution in [0.2, 0.25) is 0 Å². The molecular formula is C22H20FN3O2S. The standard InChI is InChI=1S/C22H20FN3O2S/c1-29(28)18-12-6-15(7-13-18)14-25-20-5-3-2-4-19(20)21(24)22(27)26-17-10-8-16(23)9-11-17/h2-13,24-25H,14H2,1H3,(H,26,27). The van der Waals surface area contributed by atoms with Crippen molar-refractivity contribution in [1.29, 1.82) is 5.41 Å². The fraction of sp³-hybridized carbons (Fsp3) is 0.0909. The monoisotopic (exact) mass is 409 g/mol. The van der Waals surface area contributed by atoms with Crippen molar-refractivity contribution in [3.05, 3.63) is 89.7 Å². The van der Waals surface area contributed by atoms with Crippen LogP contribution in [-0.4, -0.2) is 22.1 Å². The summed E-state index contributed by atoms with van der Waals surface area (Å²) in [7, 11) is -1.02. The van der Waals surface area contributed by atoms with E-state index in [0.29, 0.717) is 23.5 Å². The van der Waals surface area contributed by atoms with Crippen LogP contribution in [0.1, 0.15) is 11.1 Å². The molecule has 0 bridgehead atoms. The fourth-order valence-corrected chi connectivity index (χ4v) is 3.22. The maximum absolute atomic E-state index is 13.0. The second-order valence-corrected chi connectivity index (χ2v) is 7.71. The first-order valence-corrected chi connectivity index (χ1v) is 10.4. The van der Waals surface area contributed by atoms with Crippen molar-refractivity contribution in [2.24, 2.45) is 0 Å². The summed E-state index contributed by atoms with van der Waals surface area (Å²) in [5.41, 5.74) is 2.30. The Hall–Kier alpha value is -3.32. The van der Waals surface area contributed by atoms with Crippen molar-refractivity contribution in [2.45, 2.75) is 11.4 Å². The van der Waals surface area contributed by atoms with Gasteiger partial charge in [0.05, 0.1) is 0 Å². The lowest BCUT2D eigenvalue weighted by atomic mass is 10.1. The average molecular weight is 409 g/mol. The minimum atomic E-state index is -1.02. The van der Waals surface area contributed by atoms with E-state index in [2.05, 4.69) is 10.6 Å². The first-order valence-electron chi connectivity index (χ1n) is 8.85. The van der Waals surface area contributed by atoms with Gasteiger partial charge >= 0.3 is 0 Å². The van der Waals surface area contributed by atoms with E-state index in [0.717, 1.165) is 10.5 Å². The zero-order valence-corrected chi connectivity index (χ0v) is 16.6. The summed E-state index contributed by atoms with van der Waals surface area (Å²) in [6.45, 7) is 0.487. The number of benzene rings is 3. The van der Waals surface area contributed by atoms with Crippen LogP contribution in [0.25, 0.3) is 0 Å². The van der Waals surface area contributed by atoms with E-state index >= 15 is 0 Å². The second-order valence-electron chi connectivity index (χ2n) is 6.33. The average Bonchev–Trinajstić information content (AvgIpc) is 2.74. The summed E-state index contributed by atoms with van der Waals surface area (Å²) >= 11 is 0. The third kappa shape index (κ3) is 5.36. The van der Waals surface area contributed by atoms with Gasteiger partial charge in [-0.25, -0.2) is 4.39 Å². The molecule has 0 saturated carbocycles. The van der Waals surface area contributed by atoms with Crippen LogP contribution in [0.15, 0.2) is 77.7 Å². The van der Waals surface area contributed by atoms with Crippen molar-refractivity contribution >= 4 is 33.8 Å². The van der Waals surface area contributed by atoms with Crippen molar-refractivity contribution in [3.8, 4) is 0 Å². The Balaban J connectivity index is 1.70. The van der Waals surface area contributed by atoms with Gasteiger partial charge in [-0.05, 0) is 48.0 Å². The summed E-state index contributed by atoms with van der Waals surface area (Å²) in [6.07, 6.45) is 1.63. The molecule has 0 aliphatic rings. The maximum Gasteiger partial charge on any atom is 0.274 e. The minimum Gasteiger partial charge on any atom is -0.380 e. The summed E-state index contributed by atoms with van der Waals surface area (Å²) in [5.74, 6) is -0.980. The van der Waals surface area contributed by atoms with Crippen molar-refractivity contribution in [2.75, 3.05) is 16.9 Å². The van der Waals surface area contributed by atoms with Gasteiger partial charge in [0.25, 0.3) is 5.91 Å². The van der Waals surface area contributed by atoms with E-state index in [4.69, 9.17) is 5.41 Å². The Morgan fingerprint density at radius 3 is 2.31 bits per heavy atom. The molecule has 0 radical (unpaired) electrons. The van der Waals surface area contributed by atoms with Crippen LogP contribution in [0, 0.1) is 11.2 Å². The lowest BCUT2D eigenvalue weighted by Crippen LogP contribution is -2.24. The van der Waals surface area contributed by atoms with Crippen LogP contribution in [0.5, 0.6) is 0 Å². The van der Waals surface area contributed by atoms with E-state index in [9.17, 15) is 13.4 Å². The Bertz CT molecular complexity index is 1050. The molecule has 0 aliphatic carbocycles. The SMILES string of the molecule is CS(=O)c1ccc(CNc2ccccc2C(=N)C(=O)Nc2ccc(F)cc2)cc1. The number of rotatable bonds is 7. The Kier molecular flexibility index (Phi) is 6.51.